The first-order valence-electron chi connectivity index (χ1n) is 7.34. The minimum absolute atomic E-state index is 0.244. The molecule has 0 aliphatic carbocycles. The van der Waals surface area contributed by atoms with Crippen LogP contribution >= 0.6 is 0 Å². The van der Waals surface area contributed by atoms with Crippen LogP contribution in [0.25, 0.3) is 0 Å². The summed E-state index contributed by atoms with van der Waals surface area (Å²) in [5.74, 6) is -0.804. The largest absolute Gasteiger partial charge is 0.480 e. The van der Waals surface area contributed by atoms with Gasteiger partial charge in [-0.1, -0.05) is 20.8 Å². The van der Waals surface area contributed by atoms with Crippen molar-refractivity contribution in [1.29, 1.82) is 0 Å². The average Bonchev–Trinajstić information content (AvgIpc) is 2.38. The molecule has 1 saturated heterocycles. The molecule has 0 bridgehead atoms. The van der Waals surface area contributed by atoms with Gasteiger partial charge in [0.2, 0.25) is 0 Å². The highest BCUT2D eigenvalue weighted by atomic mass is 32.2. The Labute approximate surface area is 121 Å². The van der Waals surface area contributed by atoms with E-state index in [0.29, 0.717) is 26.1 Å². The molecule has 6 nitrogen and oxygen atoms in total. The van der Waals surface area contributed by atoms with Gasteiger partial charge in [0.1, 0.15) is 6.04 Å². The number of nitrogens with zero attached hydrogens (tertiary/aromatic N) is 2. The smallest absolute Gasteiger partial charge is 0.322 e. The molecular weight excluding hydrogens is 280 g/mol. The van der Waals surface area contributed by atoms with Crippen LogP contribution in [0.4, 0.5) is 0 Å². The third-order valence-electron chi connectivity index (χ3n) is 3.67. The Bertz CT molecular complexity index is 418. The topological polar surface area (TPSA) is 77.9 Å². The van der Waals surface area contributed by atoms with Crippen LogP contribution in [0.3, 0.4) is 0 Å². The summed E-state index contributed by atoms with van der Waals surface area (Å²) in [6.07, 6.45) is 2.55. The van der Waals surface area contributed by atoms with Crippen LogP contribution < -0.4 is 0 Å². The van der Waals surface area contributed by atoms with E-state index in [-0.39, 0.29) is 5.92 Å². The minimum Gasteiger partial charge on any atom is -0.480 e. The molecule has 1 aliphatic heterocycles. The number of rotatable bonds is 7. The molecule has 20 heavy (non-hydrogen) atoms. The quantitative estimate of drug-likeness (QED) is 0.774. The molecule has 0 saturated carbocycles. The van der Waals surface area contributed by atoms with E-state index in [1.165, 1.54) is 8.61 Å². The van der Waals surface area contributed by atoms with Gasteiger partial charge in [0.25, 0.3) is 10.2 Å². The van der Waals surface area contributed by atoms with Gasteiger partial charge in [-0.15, -0.1) is 0 Å². The van der Waals surface area contributed by atoms with E-state index in [0.717, 1.165) is 19.3 Å². The fourth-order valence-electron chi connectivity index (χ4n) is 2.61. The summed E-state index contributed by atoms with van der Waals surface area (Å²) in [7, 11) is -3.68. The van der Waals surface area contributed by atoms with Crippen LogP contribution in [0, 0.1) is 5.92 Å². The number of piperidine rings is 1. The highest BCUT2D eigenvalue weighted by Crippen LogP contribution is 2.27. The van der Waals surface area contributed by atoms with Crippen molar-refractivity contribution in [3.8, 4) is 0 Å². The van der Waals surface area contributed by atoms with Gasteiger partial charge in [0.15, 0.2) is 0 Å². The van der Waals surface area contributed by atoms with E-state index in [4.69, 9.17) is 0 Å². The standard InChI is InChI=1S/C13H26N2O4S/c1-4-7-14(8-5-2)20(18,19)15-9-6-11(3)10-12(15)13(16)17/h11-12H,4-10H2,1-3H3,(H,16,17). The first kappa shape index (κ1) is 17.4. The zero-order valence-electron chi connectivity index (χ0n) is 12.6. The predicted molar refractivity (Wildman–Crippen MR) is 77.6 cm³/mol. The van der Waals surface area contributed by atoms with Gasteiger partial charge >= 0.3 is 5.97 Å². The van der Waals surface area contributed by atoms with Crippen LogP contribution in [0.1, 0.15) is 46.5 Å². The maximum Gasteiger partial charge on any atom is 0.322 e. The van der Waals surface area contributed by atoms with Gasteiger partial charge in [0, 0.05) is 19.6 Å². The monoisotopic (exact) mass is 306 g/mol. The van der Waals surface area contributed by atoms with Crippen molar-refractivity contribution >= 4 is 16.2 Å². The third-order valence-corrected chi connectivity index (χ3v) is 5.72. The number of carboxylic acid groups (broad SMARTS) is 1. The summed E-state index contributed by atoms with van der Waals surface area (Å²) >= 11 is 0. The summed E-state index contributed by atoms with van der Waals surface area (Å²) in [5, 5.41) is 9.31. The molecule has 7 heteroatoms. The summed E-state index contributed by atoms with van der Waals surface area (Å²) < 4.78 is 27.9. The summed E-state index contributed by atoms with van der Waals surface area (Å²) in [4.78, 5) is 11.4. The zero-order valence-corrected chi connectivity index (χ0v) is 13.4. The van der Waals surface area contributed by atoms with Crippen LogP contribution in [0.5, 0.6) is 0 Å². The Morgan fingerprint density at radius 1 is 1.30 bits per heavy atom. The fraction of sp³-hybridized carbons (Fsp3) is 0.923. The van der Waals surface area contributed by atoms with Gasteiger partial charge in [0.05, 0.1) is 0 Å². The lowest BCUT2D eigenvalue weighted by atomic mass is 9.94. The Morgan fingerprint density at radius 3 is 2.30 bits per heavy atom. The van der Waals surface area contributed by atoms with Crippen molar-refractivity contribution in [2.75, 3.05) is 19.6 Å². The van der Waals surface area contributed by atoms with Crippen molar-refractivity contribution in [2.45, 2.75) is 52.5 Å². The van der Waals surface area contributed by atoms with Crippen LogP contribution in [0.15, 0.2) is 0 Å². The van der Waals surface area contributed by atoms with Gasteiger partial charge in [-0.2, -0.15) is 17.0 Å². The van der Waals surface area contributed by atoms with Gasteiger partial charge in [-0.3, -0.25) is 4.79 Å². The molecule has 1 aliphatic rings. The predicted octanol–water partition coefficient (Wildman–Crippen LogP) is 1.54. The molecular formula is C13H26N2O4S. The number of aliphatic carboxylic acids is 1. The molecule has 1 rings (SSSR count). The van der Waals surface area contributed by atoms with Gasteiger partial charge < -0.3 is 5.11 Å². The SMILES string of the molecule is CCCN(CCC)S(=O)(=O)N1CCC(C)CC1C(=O)O. The highest BCUT2D eigenvalue weighted by Gasteiger charge is 2.41. The summed E-state index contributed by atoms with van der Waals surface area (Å²) in [5.41, 5.74) is 0. The maximum atomic E-state index is 12.7. The molecule has 0 spiro atoms. The Kier molecular flexibility index (Phi) is 6.42. The molecule has 0 aromatic heterocycles. The molecule has 1 fully saturated rings. The molecule has 1 N–H and O–H groups in total. The lowest BCUT2D eigenvalue weighted by Gasteiger charge is -2.38. The van der Waals surface area contributed by atoms with Crippen molar-refractivity contribution in [3.05, 3.63) is 0 Å². The molecule has 0 aromatic carbocycles. The minimum atomic E-state index is -3.68. The first-order chi connectivity index (χ1) is 9.34. The second-order valence-corrected chi connectivity index (χ2v) is 7.38. The second kappa shape index (κ2) is 7.38. The van der Waals surface area contributed by atoms with E-state index in [1.807, 2.05) is 20.8 Å². The summed E-state index contributed by atoms with van der Waals surface area (Å²) in [6, 6.07) is -0.931. The molecule has 0 radical (unpaired) electrons. The van der Waals surface area contributed by atoms with E-state index in [2.05, 4.69) is 0 Å². The average molecular weight is 306 g/mol. The van der Waals surface area contributed by atoms with Gasteiger partial charge in [-0.25, -0.2) is 0 Å². The van der Waals surface area contributed by atoms with Crippen LogP contribution in [0.2, 0.25) is 0 Å². The van der Waals surface area contributed by atoms with E-state index < -0.39 is 22.2 Å². The first-order valence-corrected chi connectivity index (χ1v) is 8.74. The van der Waals surface area contributed by atoms with Gasteiger partial charge in [-0.05, 0) is 31.6 Å². The normalized spacial score (nSPS) is 25.0. The molecule has 1 heterocycles. The number of carbonyl (C=O) groups is 1. The van der Waals surface area contributed by atoms with E-state index in [1.54, 1.807) is 0 Å². The van der Waals surface area contributed by atoms with E-state index >= 15 is 0 Å². The van der Waals surface area contributed by atoms with Crippen molar-refractivity contribution in [3.63, 3.8) is 0 Å². The number of hydrogen-bond acceptors (Lipinski definition) is 3. The number of hydrogen-bond donors (Lipinski definition) is 1. The highest BCUT2D eigenvalue weighted by molar-refractivity contribution is 7.86. The Hall–Kier alpha value is -0.660. The molecule has 118 valence electrons. The molecule has 2 atom stereocenters. The Morgan fingerprint density at radius 2 is 1.85 bits per heavy atom. The summed E-state index contributed by atoms with van der Waals surface area (Å²) in [6.45, 7) is 6.99. The third kappa shape index (κ3) is 3.93. The fourth-order valence-corrected chi connectivity index (χ4v) is 4.57. The lowest BCUT2D eigenvalue weighted by molar-refractivity contribution is -0.143. The number of carboxylic acids is 1. The van der Waals surface area contributed by atoms with Crippen molar-refractivity contribution in [2.24, 2.45) is 5.92 Å². The van der Waals surface area contributed by atoms with Crippen LogP contribution in [-0.4, -0.2) is 53.8 Å². The van der Waals surface area contributed by atoms with Crippen molar-refractivity contribution < 1.29 is 18.3 Å². The lowest BCUT2D eigenvalue weighted by Crippen LogP contribution is -2.54. The van der Waals surface area contributed by atoms with Crippen molar-refractivity contribution in [1.82, 2.24) is 8.61 Å². The molecule has 0 amide bonds. The van der Waals surface area contributed by atoms with Crippen LogP contribution in [-0.2, 0) is 15.0 Å². The molecule has 2 unspecified atom stereocenters. The molecule has 0 aromatic rings. The van der Waals surface area contributed by atoms with E-state index in [9.17, 15) is 18.3 Å². The zero-order chi connectivity index (χ0) is 15.3. The second-order valence-electron chi connectivity index (χ2n) is 5.50. The maximum absolute atomic E-state index is 12.7. The Balaban J connectivity index is 3.00.